The van der Waals surface area contributed by atoms with E-state index in [0.29, 0.717) is 0 Å². The predicted molar refractivity (Wildman–Crippen MR) is 150 cm³/mol. The fourth-order valence-corrected chi connectivity index (χ4v) is 4.23. The van der Waals surface area contributed by atoms with Crippen LogP contribution < -0.4 is 4.90 Å². The van der Waals surface area contributed by atoms with Crippen molar-refractivity contribution in [1.29, 1.82) is 5.26 Å². The Labute approximate surface area is 214 Å². The molecule has 36 heavy (non-hydrogen) atoms. The first-order chi connectivity index (χ1) is 17.5. The van der Waals surface area contributed by atoms with E-state index in [9.17, 15) is 15.4 Å². The van der Waals surface area contributed by atoms with Gasteiger partial charge in [0.05, 0.1) is 4.92 Å². The summed E-state index contributed by atoms with van der Waals surface area (Å²) in [4.78, 5) is 13.0. The molecule has 0 aliphatic rings. The van der Waals surface area contributed by atoms with Crippen molar-refractivity contribution in [2.75, 3.05) is 18.0 Å². The lowest BCUT2D eigenvalue weighted by molar-refractivity contribution is -0.385. The number of anilines is 1. The van der Waals surface area contributed by atoms with Crippen molar-refractivity contribution in [2.45, 2.75) is 52.4 Å². The molecule has 0 spiro atoms. The molecular formula is C31H35N3O2. The van der Waals surface area contributed by atoms with E-state index in [4.69, 9.17) is 0 Å². The SMILES string of the molecule is CCCCCN(CCCCC)c1ccc(-c2ccc(C=Cc3ccc([N+](=O)[O-])c(C#N)c3)cc2)cc1. The molecule has 0 amide bonds. The third-order valence-electron chi connectivity index (χ3n) is 6.35. The van der Waals surface area contributed by atoms with Crippen LogP contribution in [-0.2, 0) is 0 Å². The molecule has 0 aliphatic heterocycles. The smallest absolute Gasteiger partial charge is 0.287 e. The van der Waals surface area contributed by atoms with Crippen LogP contribution in [0, 0.1) is 21.4 Å². The van der Waals surface area contributed by atoms with E-state index in [0.717, 1.165) is 29.8 Å². The molecule has 0 N–H and O–H groups in total. The summed E-state index contributed by atoms with van der Waals surface area (Å²) in [6.07, 6.45) is 11.3. The van der Waals surface area contributed by atoms with Crippen LogP contribution in [0.15, 0.2) is 66.7 Å². The van der Waals surface area contributed by atoms with Gasteiger partial charge in [-0.1, -0.05) is 88.1 Å². The summed E-state index contributed by atoms with van der Waals surface area (Å²) in [5, 5.41) is 20.2. The molecule has 0 saturated carbocycles. The van der Waals surface area contributed by atoms with Crippen LogP contribution >= 0.6 is 0 Å². The lowest BCUT2D eigenvalue weighted by Crippen LogP contribution is -2.25. The molecule has 0 bridgehead atoms. The van der Waals surface area contributed by atoms with Crippen LogP contribution in [0.3, 0.4) is 0 Å². The van der Waals surface area contributed by atoms with Crippen LogP contribution in [0.1, 0.15) is 69.1 Å². The van der Waals surface area contributed by atoms with Gasteiger partial charge in [0, 0.05) is 24.8 Å². The molecule has 0 unspecified atom stereocenters. The largest absolute Gasteiger partial charge is 0.372 e. The highest BCUT2D eigenvalue weighted by Gasteiger charge is 2.12. The minimum absolute atomic E-state index is 0.0650. The van der Waals surface area contributed by atoms with Gasteiger partial charge < -0.3 is 4.90 Å². The highest BCUT2D eigenvalue weighted by Crippen LogP contribution is 2.25. The van der Waals surface area contributed by atoms with Crippen molar-refractivity contribution in [3.8, 4) is 17.2 Å². The molecule has 5 heteroatoms. The summed E-state index contributed by atoms with van der Waals surface area (Å²) in [5.74, 6) is 0. The van der Waals surface area contributed by atoms with Crippen LogP contribution in [0.4, 0.5) is 11.4 Å². The third-order valence-corrected chi connectivity index (χ3v) is 6.35. The number of nitro benzene ring substituents is 1. The zero-order valence-corrected chi connectivity index (χ0v) is 21.3. The van der Waals surface area contributed by atoms with Gasteiger partial charge in [-0.25, -0.2) is 0 Å². The lowest BCUT2D eigenvalue weighted by Gasteiger charge is -2.25. The average Bonchev–Trinajstić information content (AvgIpc) is 2.91. The first-order valence-electron chi connectivity index (χ1n) is 12.9. The van der Waals surface area contributed by atoms with Gasteiger partial charge in [0.1, 0.15) is 11.6 Å². The van der Waals surface area contributed by atoms with Gasteiger partial charge in [-0.05, 0) is 59.4 Å². The highest BCUT2D eigenvalue weighted by molar-refractivity contribution is 5.74. The van der Waals surface area contributed by atoms with Gasteiger partial charge in [0.25, 0.3) is 5.69 Å². The summed E-state index contributed by atoms with van der Waals surface area (Å²) < 4.78 is 0. The van der Waals surface area contributed by atoms with Gasteiger partial charge >= 0.3 is 0 Å². The number of nitrogens with zero attached hydrogens (tertiary/aromatic N) is 3. The minimum Gasteiger partial charge on any atom is -0.372 e. The Kier molecular flexibility index (Phi) is 10.3. The maximum absolute atomic E-state index is 11.0. The zero-order valence-electron chi connectivity index (χ0n) is 21.3. The fraction of sp³-hybridized carbons (Fsp3) is 0.323. The molecule has 0 saturated heterocycles. The van der Waals surface area contributed by atoms with Crippen molar-refractivity contribution in [3.63, 3.8) is 0 Å². The first kappa shape index (κ1) is 26.7. The van der Waals surface area contributed by atoms with Crippen LogP contribution in [0.2, 0.25) is 0 Å². The molecule has 0 fully saturated rings. The van der Waals surface area contributed by atoms with Crippen molar-refractivity contribution in [3.05, 3.63) is 93.5 Å². The number of unbranched alkanes of at least 4 members (excludes halogenated alkanes) is 4. The third kappa shape index (κ3) is 7.55. The molecule has 3 aromatic carbocycles. The molecule has 0 radical (unpaired) electrons. The average molecular weight is 482 g/mol. The van der Waals surface area contributed by atoms with Crippen LogP contribution in [0.25, 0.3) is 23.3 Å². The molecule has 186 valence electrons. The fourth-order valence-electron chi connectivity index (χ4n) is 4.23. The van der Waals surface area contributed by atoms with Gasteiger partial charge in [-0.2, -0.15) is 5.26 Å². The van der Waals surface area contributed by atoms with Crippen LogP contribution in [-0.4, -0.2) is 18.0 Å². The van der Waals surface area contributed by atoms with E-state index in [2.05, 4.69) is 67.3 Å². The number of nitriles is 1. The summed E-state index contributed by atoms with van der Waals surface area (Å²) in [7, 11) is 0. The second-order valence-electron chi connectivity index (χ2n) is 9.05. The minimum atomic E-state index is -0.534. The highest BCUT2D eigenvalue weighted by atomic mass is 16.6. The summed E-state index contributed by atoms with van der Waals surface area (Å²) in [6, 6.07) is 23.7. The van der Waals surface area contributed by atoms with E-state index in [-0.39, 0.29) is 11.3 Å². The molecule has 0 aliphatic carbocycles. The Balaban J connectivity index is 1.68. The van der Waals surface area contributed by atoms with Gasteiger partial charge in [-0.15, -0.1) is 0 Å². The Morgan fingerprint density at radius 1 is 0.806 bits per heavy atom. The Morgan fingerprint density at radius 3 is 1.86 bits per heavy atom. The van der Waals surface area contributed by atoms with Crippen molar-refractivity contribution in [2.24, 2.45) is 0 Å². The molecule has 5 nitrogen and oxygen atoms in total. The zero-order chi connectivity index (χ0) is 25.8. The molecule has 0 aromatic heterocycles. The standard InChI is InChI=1S/C31H35N3O2/c1-3-5-7-21-33(22-8-6-4-2)30-18-16-28(17-19-30)27-14-11-25(12-15-27)9-10-26-13-20-31(34(35)36)29(23-26)24-32/h9-20,23H,3-8,21-22H2,1-2H3. The first-order valence-corrected chi connectivity index (χ1v) is 12.9. The maximum Gasteiger partial charge on any atom is 0.287 e. The summed E-state index contributed by atoms with van der Waals surface area (Å²) in [5.41, 5.74) is 5.30. The van der Waals surface area contributed by atoms with E-state index in [1.165, 1.54) is 55.8 Å². The second-order valence-corrected chi connectivity index (χ2v) is 9.05. The quantitative estimate of drug-likeness (QED) is 0.106. The number of rotatable bonds is 13. The summed E-state index contributed by atoms with van der Waals surface area (Å²) >= 11 is 0. The molecule has 0 atom stereocenters. The molecule has 3 aromatic rings. The van der Waals surface area contributed by atoms with Crippen molar-refractivity contribution >= 4 is 23.5 Å². The predicted octanol–water partition coefficient (Wildman–Crippen LogP) is 8.49. The van der Waals surface area contributed by atoms with Crippen molar-refractivity contribution < 1.29 is 4.92 Å². The van der Waals surface area contributed by atoms with E-state index in [1.54, 1.807) is 12.1 Å². The molecule has 0 heterocycles. The van der Waals surface area contributed by atoms with E-state index in [1.807, 2.05) is 18.2 Å². The number of benzene rings is 3. The van der Waals surface area contributed by atoms with Gasteiger partial charge in [0.15, 0.2) is 0 Å². The monoisotopic (exact) mass is 481 g/mol. The van der Waals surface area contributed by atoms with E-state index < -0.39 is 4.92 Å². The maximum atomic E-state index is 11.0. The number of hydrogen-bond acceptors (Lipinski definition) is 4. The lowest BCUT2D eigenvalue weighted by atomic mass is 10.0. The van der Waals surface area contributed by atoms with E-state index >= 15 is 0 Å². The Morgan fingerprint density at radius 2 is 1.33 bits per heavy atom. The van der Waals surface area contributed by atoms with Crippen LogP contribution in [0.5, 0.6) is 0 Å². The Bertz CT molecular complexity index is 1180. The van der Waals surface area contributed by atoms with Gasteiger partial charge in [-0.3, -0.25) is 10.1 Å². The van der Waals surface area contributed by atoms with Crippen molar-refractivity contribution in [1.82, 2.24) is 0 Å². The summed E-state index contributed by atoms with van der Waals surface area (Å²) in [6.45, 7) is 6.72. The van der Waals surface area contributed by atoms with Gasteiger partial charge in [0.2, 0.25) is 0 Å². The molecular weight excluding hydrogens is 446 g/mol. The number of hydrogen-bond donors (Lipinski definition) is 0. The normalized spacial score (nSPS) is 10.9. The Hall–Kier alpha value is -3.91. The number of nitro groups is 1. The topological polar surface area (TPSA) is 70.2 Å². The second kappa shape index (κ2) is 13.8. The molecule has 3 rings (SSSR count).